The lowest BCUT2D eigenvalue weighted by atomic mass is 9.89. The highest BCUT2D eigenvalue weighted by Crippen LogP contribution is 2.26. The van der Waals surface area contributed by atoms with E-state index >= 15 is 0 Å². The maximum atomic E-state index is 12.8. The van der Waals surface area contributed by atoms with E-state index in [1.165, 1.54) is 70.6 Å². The third-order valence-electron chi connectivity index (χ3n) is 10.1. The van der Waals surface area contributed by atoms with Crippen molar-refractivity contribution >= 4 is 17.9 Å². The Morgan fingerprint density at radius 2 is 1.09 bits per heavy atom. The molecule has 0 unspecified atom stereocenters. The van der Waals surface area contributed by atoms with Crippen LogP contribution in [0, 0.1) is 5.92 Å². The first-order valence-corrected chi connectivity index (χ1v) is 20.5. The molecule has 0 saturated heterocycles. The smallest absolute Gasteiger partial charge is 0.343 e. The first-order chi connectivity index (χ1) is 25.9. The van der Waals surface area contributed by atoms with Crippen LogP contribution >= 0.6 is 0 Å². The van der Waals surface area contributed by atoms with E-state index in [4.69, 9.17) is 18.9 Å². The van der Waals surface area contributed by atoms with Gasteiger partial charge in [-0.2, -0.15) is 0 Å². The summed E-state index contributed by atoms with van der Waals surface area (Å²) in [5.74, 6) is 0.661. The van der Waals surface area contributed by atoms with Gasteiger partial charge in [-0.25, -0.2) is 9.59 Å². The molecule has 1 saturated carbocycles. The summed E-state index contributed by atoms with van der Waals surface area (Å²) >= 11 is 0. The molecule has 0 amide bonds. The van der Waals surface area contributed by atoms with Gasteiger partial charge < -0.3 is 18.9 Å². The van der Waals surface area contributed by atoms with Gasteiger partial charge >= 0.3 is 17.9 Å². The summed E-state index contributed by atoms with van der Waals surface area (Å²) in [6.07, 6.45) is 21.4. The topological polar surface area (TPSA) is 88.1 Å². The third-order valence-corrected chi connectivity index (χ3v) is 10.1. The van der Waals surface area contributed by atoms with Crippen molar-refractivity contribution in [1.82, 2.24) is 0 Å². The number of ether oxygens (including phenoxy) is 4. The second-order valence-corrected chi connectivity index (χ2v) is 14.6. The van der Waals surface area contributed by atoms with Crippen molar-refractivity contribution in [3.8, 4) is 22.6 Å². The lowest BCUT2D eigenvalue weighted by molar-refractivity contribution is -0.149. The van der Waals surface area contributed by atoms with Crippen LogP contribution in [0.5, 0.6) is 11.5 Å². The van der Waals surface area contributed by atoms with Crippen LogP contribution in [-0.4, -0.2) is 37.2 Å². The largest absolute Gasteiger partial charge is 0.494 e. The monoisotopic (exact) mass is 726 g/mol. The van der Waals surface area contributed by atoms with E-state index < -0.39 is 5.97 Å². The molecule has 1 aliphatic rings. The molecule has 0 N–H and O–H groups in total. The first-order valence-electron chi connectivity index (χ1n) is 20.5. The summed E-state index contributed by atoms with van der Waals surface area (Å²) in [5.41, 5.74) is 2.90. The molecule has 7 heteroatoms. The molecule has 1 atom stereocenters. The number of unbranched alkanes of at least 4 members (excludes halogenated alkanes) is 11. The van der Waals surface area contributed by atoms with Gasteiger partial charge in [-0.1, -0.05) is 115 Å². The van der Waals surface area contributed by atoms with Crippen molar-refractivity contribution in [1.29, 1.82) is 0 Å². The van der Waals surface area contributed by atoms with Gasteiger partial charge in [-0.3, -0.25) is 4.79 Å². The number of carbonyl (C=O) groups is 3. The Bertz CT molecular complexity index is 1470. The molecule has 1 aliphatic carbocycles. The highest BCUT2D eigenvalue weighted by atomic mass is 16.5. The van der Waals surface area contributed by atoms with E-state index in [9.17, 15) is 14.4 Å². The van der Waals surface area contributed by atoms with E-state index in [0.717, 1.165) is 68.2 Å². The van der Waals surface area contributed by atoms with Crippen molar-refractivity contribution in [2.24, 2.45) is 5.92 Å². The second-order valence-electron chi connectivity index (χ2n) is 14.6. The fraction of sp³-hybridized carbons (Fsp3) is 0.543. The Kier molecular flexibility index (Phi) is 19.0. The van der Waals surface area contributed by atoms with Gasteiger partial charge in [0.05, 0.1) is 36.4 Å². The fourth-order valence-electron chi connectivity index (χ4n) is 6.80. The first kappa shape index (κ1) is 41.6. The lowest BCUT2D eigenvalue weighted by Gasteiger charge is -2.19. The molecule has 3 aromatic rings. The zero-order valence-electron chi connectivity index (χ0n) is 32.3. The number of hydrogen-bond acceptors (Lipinski definition) is 7. The Balaban J connectivity index is 1.04. The molecule has 53 heavy (non-hydrogen) atoms. The minimum absolute atomic E-state index is 0.0322. The molecule has 0 bridgehead atoms. The summed E-state index contributed by atoms with van der Waals surface area (Å²) in [6, 6.07) is 21.8. The molecule has 3 aromatic carbocycles. The summed E-state index contributed by atoms with van der Waals surface area (Å²) in [7, 11) is 0. The van der Waals surface area contributed by atoms with E-state index in [1.54, 1.807) is 36.4 Å². The fourth-order valence-corrected chi connectivity index (χ4v) is 6.80. The van der Waals surface area contributed by atoms with Crippen molar-refractivity contribution in [2.75, 3.05) is 13.2 Å². The average Bonchev–Trinajstić information content (AvgIpc) is 3.19. The molecule has 0 spiro atoms. The van der Waals surface area contributed by atoms with E-state index in [1.807, 2.05) is 43.3 Å². The van der Waals surface area contributed by atoms with Crippen molar-refractivity contribution in [3.63, 3.8) is 0 Å². The highest BCUT2D eigenvalue weighted by Gasteiger charge is 2.22. The predicted molar refractivity (Wildman–Crippen MR) is 211 cm³/mol. The van der Waals surface area contributed by atoms with Crippen molar-refractivity contribution in [2.45, 2.75) is 142 Å². The van der Waals surface area contributed by atoms with Crippen LogP contribution in [0.2, 0.25) is 0 Å². The molecule has 0 aliphatic heterocycles. The zero-order chi connectivity index (χ0) is 37.5. The van der Waals surface area contributed by atoms with Crippen LogP contribution in [-0.2, 0) is 14.3 Å². The van der Waals surface area contributed by atoms with Crippen LogP contribution in [0.3, 0.4) is 0 Å². The van der Waals surface area contributed by atoms with Gasteiger partial charge in [0.2, 0.25) is 0 Å². The number of rotatable bonds is 24. The molecule has 4 rings (SSSR count). The summed E-state index contributed by atoms with van der Waals surface area (Å²) in [6.45, 7) is 5.37. The van der Waals surface area contributed by atoms with E-state index in [2.05, 4.69) is 6.92 Å². The van der Waals surface area contributed by atoms with Gasteiger partial charge in [0.15, 0.2) is 0 Å². The lowest BCUT2D eigenvalue weighted by Crippen LogP contribution is -2.20. The minimum atomic E-state index is -0.426. The molecule has 288 valence electrons. The van der Waals surface area contributed by atoms with Crippen LogP contribution in [0.4, 0.5) is 0 Å². The number of esters is 3. The maximum Gasteiger partial charge on any atom is 0.343 e. The quantitative estimate of drug-likeness (QED) is 0.0516. The molecule has 0 heterocycles. The number of hydrogen-bond donors (Lipinski definition) is 0. The van der Waals surface area contributed by atoms with Gasteiger partial charge in [-0.15, -0.1) is 0 Å². The molecule has 1 fully saturated rings. The van der Waals surface area contributed by atoms with E-state index in [-0.39, 0.29) is 24.0 Å². The molecular formula is C46H62O7. The molecule has 0 radical (unpaired) electrons. The van der Waals surface area contributed by atoms with E-state index in [0.29, 0.717) is 30.1 Å². The normalized spacial score (nSPS) is 13.6. The summed E-state index contributed by atoms with van der Waals surface area (Å²) in [4.78, 5) is 37.4. The average molecular weight is 727 g/mol. The van der Waals surface area contributed by atoms with Crippen molar-refractivity contribution < 1.29 is 33.3 Å². The zero-order valence-corrected chi connectivity index (χ0v) is 32.3. The molecule has 7 nitrogen and oxygen atoms in total. The van der Waals surface area contributed by atoms with Crippen LogP contribution in [0.25, 0.3) is 11.1 Å². The van der Waals surface area contributed by atoms with Crippen LogP contribution in [0.1, 0.15) is 157 Å². The molecule has 0 aromatic heterocycles. The minimum Gasteiger partial charge on any atom is -0.494 e. The summed E-state index contributed by atoms with van der Waals surface area (Å²) < 4.78 is 22.6. The van der Waals surface area contributed by atoms with Gasteiger partial charge in [0.25, 0.3) is 0 Å². The van der Waals surface area contributed by atoms with Gasteiger partial charge in [0, 0.05) is 0 Å². The SMILES string of the molecule is CCCCCC[C@H](C)OC(=O)c1ccc(-c2ccc(OC(=O)c3ccc(OCCCCCCCCCCCOC(=O)C4CCCCC4)cc3)cc2)cc1. The predicted octanol–water partition coefficient (Wildman–Crippen LogP) is 12.1. The highest BCUT2D eigenvalue weighted by molar-refractivity contribution is 5.91. The molecular weight excluding hydrogens is 664 g/mol. The maximum absolute atomic E-state index is 12.8. The Morgan fingerprint density at radius 1 is 0.585 bits per heavy atom. The Morgan fingerprint density at radius 3 is 1.72 bits per heavy atom. The number of carbonyl (C=O) groups excluding carboxylic acids is 3. The van der Waals surface area contributed by atoms with Crippen LogP contribution in [0.15, 0.2) is 72.8 Å². The third kappa shape index (κ3) is 15.8. The Hall–Kier alpha value is -4.13. The Labute approximate surface area is 318 Å². The van der Waals surface area contributed by atoms with Gasteiger partial charge in [-0.05, 0) is 105 Å². The van der Waals surface area contributed by atoms with Gasteiger partial charge in [0.1, 0.15) is 11.5 Å². The standard InChI is InChI=1S/C46H62O7/c1-3-4-5-14-19-36(2)52-45(48)40-24-22-37(23-25-40)38-26-32-43(33-27-38)53-46(49)41-28-30-42(31-29-41)50-34-17-11-9-7-6-8-10-12-18-35-51-44(47)39-20-15-13-16-21-39/h22-33,36,39H,3-21,34-35H2,1-2H3/t36-/m0/s1. The summed E-state index contributed by atoms with van der Waals surface area (Å²) in [5, 5.41) is 0. The number of benzene rings is 3. The van der Waals surface area contributed by atoms with Crippen LogP contribution < -0.4 is 9.47 Å². The second kappa shape index (κ2) is 24.2. The van der Waals surface area contributed by atoms with Crippen molar-refractivity contribution in [3.05, 3.63) is 83.9 Å².